The largest absolute Gasteiger partial charge is 0.404 e. The second-order valence-corrected chi connectivity index (χ2v) is 4.67. The SMILES string of the molecule is CNc1cc(C)nc(Cn2cc(Br)c([N+](=O)[O-])n2)n1. The second-order valence-electron chi connectivity index (χ2n) is 3.82. The molecule has 0 fully saturated rings. The van der Waals surface area contributed by atoms with Crippen LogP contribution >= 0.6 is 15.9 Å². The lowest BCUT2D eigenvalue weighted by Crippen LogP contribution is -2.08. The number of hydrogen-bond acceptors (Lipinski definition) is 6. The number of aryl methyl sites for hydroxylation is 1. The molecule has 8 nitrogen and oxygen atoms in total. The molecule has 2 aromatic heterocycles. The van der Waals surface area contributed by atoms with Crippen molar-refractivity contribution in [3.05, 3.63) is 38.4 Å². The van der Waals surface area contributed by atoms with Crippen LogP contribution in [0.4, 0.5) is 11.6 Å². The molecule has 0 bridgehead atoms. The van der Waals surface area contributed by atoms with Gasteiger partial charge in [0.15, 0.2) is 5.82 Å². The van der Waals surface area contributed by atoms with Crippen molar-refractivity contribution in [1.29, 1.82) is 0 Å². The van der Waals surface area contributed by atoms with Gasteiger partial charge in [-0.3, -0.25) is 0 Å². The predicted octanol–water partition coefficient (Wildman–Crippen LogP) is 1.74. The Labute approximate surface area is 117 Å². The van der Waals surface area contributed by atoms with E-state index < -0.39 is 4.92 Å². The number of rotatable bonds is 4. The summed E-state index contributed by atoms with van der Waals surface area (Å²) in [5.41, 5.74) is 0.815. The maximum absolute atomic E-state index is 10.7. The van der Waals surface area contributed by atoms with E-state index in [-0.39, 0.29) is 12.4 Å². The molecule has 0 aromatic carbocycles. The summed E-state index contributed by atoms with van der Waals surface area (Å²) in [5, 5.41) is 17.5. The molecule has 9 heteroatoms. The highest BCUT2D eigenvalue weighted by Crippen LogP contribution is 2.22. The quantitative estimate of drug-likeness (QED) is 0.678. The smallest absolute Gasteiger partial charge is 0.373 e. The average Bonchev–Trinajstić information content (AvgIpc) is 2.69. The van der Waals surface area contributed by atoms with Crippen LogP contribution in [0.2, 0.25) is 0 Å². The Bertz CT molecular complexity index is 626. The van der Waals surface area contributed by atoms with Crippen LogP contribution < -0.4 is 5.32 Å². The Morgan fingerprint density at radius 1 is 1.53 bits per heavy atom. The van der Waals surface area contributed by atoms with Crippen molar-refractivity contribution in [3.63, 3.8) is 0 Å². The van der Waals surface area contributed by atoms with E-state index in [4.69, 9.17) is 0 Å². The molecule has 0 radical (unpaired) electrons. The third kappa shape index (κ3) is 3.05. The van der Waals surface area contributed by atoms with Crippen molar-refractivity contribution < 1.29 is 4.92 Å². The summed E-state index contributed by atoms with van der Waals surface area (Å²) in [6.45, 7) is 2.12. The summed E-state index contributed by atoms with van der Waals surface area (Å²) in [6, 6.07) is 1.81. The normalized spacial score (nSPS) is 10.5. The van der Waals surface area contributed by atoms with Gasteiger partial charge in [-0.05, 0) is 27.8 Å². The molecular formula is C10H11BrN6O2. The van der Waals surface area contributed by atoms with E-state index in [1.165, 1.54) is 10.9 Å². The molecule has 0 spiro atoms. The maximum Gasteiger partial charge on any atom is 0.404 e. The first-order valence-corrected chi connectivity index (χ1v) is 6.18. The molecule has 1 N–H and O–H groups in total. The molecule has 0 unspecified atom stereocenters. The van der Waals surface area contributed by atoms with Gasteiger partial charge in [0.1, 0.15) is 16.8 Å². The Kier molecular flexibility index (Phi) is 3.74. The molecule has 0 atom stereocenters. The first kappa shape index (κ1) is 13.4. The average molecular weight is 327 g/mol. The fourth-order valence-corrected chi connectivity index (χ4v) is 2.03. The molecule has 0 aliphatic rings. The van der Waals surface area contributed by atoms with Crippen LogP contribution in [0.1, 0.15) is 11.5 Å². The van der Waals surface area contributed by atoms with Gasteiger partial charge in [0.25, 0.3) is 0 Å². The highest BCUT2D eigenvalue weighted by atomic mass is 79.9. The molecule has 0 saturated carbocycles. The molecule has 0 aliphatic carbocycles. The zero-order valence-electron chi connectivity index (χ0n) is 10.3. The Hall–Kier alpha value is -2.03. The number of nitrogens with zero attached hydrogens (tertiary/aromatic N) is 5. The highest BCUT2D eigenvalue weighted by molar-refractivity contribution is 9.10. The zero-order valence-corrected chi connectivity index (χ0v) is 11.9. The van der Waals surface area contributed by atoms with Crippen molar-refractivity contribution in [1.82, 2.24) is 19.7 Å². The Balaban J connectivity index is 2.28. The van der Waals surface area contributed by atoms with Crippen molar-refractivity contribution >= 4 is 27.6 Å². The van der Waals surface area contributed by atoms with Crippen LogP contribution in [0.3, 0.4) is 0 Å². The van der Waals surface area contributed by atoms with Gasteiger partial charge in [0.2, 0.25) is 0 Å². The first-order valence-electron chi connectivity index (χ1n) is 5.39. The lowest BCUT2D eigenvalue weighted by molar-refractivity contribution is -0.390. The van der Waals surface area contributed by atoms with Crippen molar-refractivity contribution in [3.8, 4) is 0 Å². The summed E-state index contributed by atoms with van der Waals surface area (Å²) in [6.07, 6.45) is 1.53. The number of halogens is 1. The first-order chi connectivity index (χ1) is 8.99. The number of anilines is 1. The summed E-state index contributed by atoms with van der Waals surface area (Å²) in [5.74, 6) is 1.01. The predicted molar refractivity (Wildman–Crippen MR) is 72.0 cm³/mol. The van der Waals surface area contributed by atoms with Crippen molar-refractivity contribution in [2.75, 3.05) is 12.4 Å². The van der Waals surface area contributed by atoms with Crippen LogP contribution in [-0.2, 0) is 6.54 Å². The van der Waals surface area contributed by atoms with Gasteiger partial charge in [-0.1, -0.05) is 0 Å². The molecule has 0 aliphatic heterocycles. The lowest BCUT2D eigenvalue weighted by atomic mass is 10.4. The minimum absolute atomic E-state index is 0.221. The second kappa shape index (κ2) is 5.31. The van der Waals surface area contributed by atoms with E-state index in [1.54, 1.807) is 7.05 Å². The van der Waals surface area contributed by atoms with E-state index >= 15 is 0 Å². The van der Waals surface area contributed by atoms with Gasteiger partial charge in [0, 0.05) is 18.8 Å². The van der Waals surface area contributed by atoms with Crippen LogP contribution in [0, 0.1) is 17.0 Å². The number of nitrogens with one attached hydrogen (secondary N) is 1. The number of aromatic nitrogens is 4. The van der Waals surface area contributed by atoms with Gasteiger partial charge in [-0.25, -0.2) is 9.97 Å². The van der Waals surface area contributed by atoms with Crippen LogP contribution in [0.15, 0.2) is 16.7 Å². The summed E-state index contributed by atoms with van der Waals surface area (Å²) >= 11 is 3.10. The number of nitro groups is 1. The molecule has 19 heavy (non-hydrogen) atoms. The minimum atomic E-state index is -0.545. The van der Waals surface area contributed by atoms with E-state index in [0.717, 1.165) is 5.69 Å². The monoisotopic (exact) mass is 326 g/mol. The van der Waals surface area contributed by atoms with Gasteiger partial charge in [-0.15, -0.1) is 0 Å². The van der Waals surface area contributed by atoms with E-state index in [0.29, 0.717) is 16.1 Å². The van der Waals surface area contributed by atoms with Crippen LogP contribution in [0.25, 0.3) is 0 Å². The molecule has 0 amide bonds. The maximum atomic E-state index is 10.7. The molecule has 2 rings (SSSR count). The fourth-order valence-electron chi connectivity index (χ4n) is 1.57. The van der Waals surface area contributed by atoms with Gasteiger partial charge >= 0.3 is 5.82 Å². The summed E-state index contributed by atoms with van der Waals surface area (Å²) < 4.78 is 1.76. The van der Waals surface area contributed by atoms with Crippen LogP contribution in [0.5, 0.6) is 0 Å². The lowest BCUT2D eigenvalue weighted by Gasteiger charge is -2.03. The molecule has 2 aromatic rings. The Morgan fingerprint density at radius 2 is 2.26 bits per heavy atom. The summed E-state index contributed by atoms with van der Waals surface area (Å²) in [4.78, 5) is 18.7. The van der Waals surface area contributed by atoms with Crippen LogP contribution in [-0.4, -0.2) is 31.7 Å². The topological polar surface area (TPSA) is 98.8 Å². The minimum Gasteiger partial charge on any atom is -0.373 e. The molecule has 0 saturated heterocycles. The van der Waals surface area contributed by atoms with Gasteiger partial charge < -0.3 is 15.4 Å². The van der Waals surface area contributed by atoms with Crippen molar-refractivity contribution in [2.24, 2.45) is 0 Å². The van der Waals surface area contributed by atoms with E-state index in [1.807, 2.05) is 13.0 Å². The molecular weight excluding hydrogens is 316 g/mol. The highest BCUT2D eigenvalue weighted by Gasteiger charge is 2.19. The van der Waals surface area contributed by atoms with E-state index in [9.17, 15) is 10.1 Å². The van der Waals surface area contributed by atoms with Gasteiger partial charge in [0.05, 0.1) is 11.3 Å². The van der Waals surface area contributed by atoms with Gasteiger partial charge in [-0.2, -0.15) is 4.68 Å². The number of hydrogen-bond donors (Lipinski definition) is 1. The third-order valence-corrected chi connectivity index (χ3v) is 2.89. The molecule has 100 valence electrons. The van der Waals surface area contributed by atoms with E-state index in [2.05, 4.69) is 36.3 Å². The third-order valence-electron chi connectivity index (χ3n) is 2.33. The van der Waals surface area contributed by atoms with Crippen molar-refractivity contribution in [2.45, 2.75) is 13.5 Å². The molecule has 2 heterocycles. The fraction of sp³-hybridized carbons (Fsp3) is 0.300. The zero-order chi connectivity index (χ0) is 14.0. The Morgan fingerprint density at radius 3 is 2.84 bits per heavy atom. The summed E-state index contributed by atoms with van der Waals surface area (Å²) in [7, 11) is 1.76. The standard InChI is InChI=1S/C10H11BrN6O2/c1-6-3-8(12-2)14-9(13-6)5-16-4-7(11)10(15-16)17(18)19/h3-4H,5H2,1-2H3,(H,12,13,14).